The Bertz CT molecular complexity index is 638. The maximum absolute atomic E-state index is 12.6. The summed E-state index contributed by atoms with van der Waals surface area (Å²) in [4.78, 5) is 12.6. The van der Waals surface area contributed by atoms with E-state index in [1.807, 2.05) is 25.1 Å². The van der Waals surface area contributed by atoms with Crippen LogP contribution in [0.1, 0.15) is 31.2 Å². The zero-order chi connectivity index (χ0) is 16.4. The Kier molecular flexibility index (Phi) is 3.87. The summed E-state index contributed by atoms with van der Waals surface area (Å²) in [7, 11) is 0. The Labute approximate surface area is 151 Å². The van der Waals surface area contributed by atoms with E-state index in [0.29, 0.717) is 28.7 Å². The smallest absolute Gasteiger partial charge is 0.228 e. The lowest BCUT2D eigenvalue weighted by Gasteiger charge is -2.09. The fourth-order valence-corrected chi connectivity index (χ4v) is 5.67. The maximum Gasteiger partial charge on any atom is 0.228 e. The lowest BCUT2D eigenvalue weighted by Crippen LogP contribution is -2.16. The first kappa shape index (κ1) is 16.1. The average molecular weight is 373 g/mol. The summed E-state index contributed by atoms with van der Waals surface area (Å²) in [6, 6.07) is 5.62. The SMILES string of the molecule is Cc1c(Cl)cccc1NC(=O)C1C2CCC3C(CCC21)C3(Cl)Cl. The minimum Gasteiger partial charge on any atom is -0.326 e. The summed E-state index contributed by atoms with van der Waals surface area (Å²) >= 11 is 18.8. The lowest BCUT2D eigenvalue weighted by atomic mass is 10.0. The van der Waals surface area contributed by atoms with Crippen LogP contribution >= 0.6 is 34.8 Å². The van der Waals surface area contributed by atoms with Gasteiger partial charge in [0.05, 0.1) is 0 Å². The van der Waals surface area contributed by atoms with E-state index in [9.17, 15) is 4.79 Å². The van der Waals surface area contributed by atoms with Gasteiger partial charge in [-0.3, -0.25) is 4.79 Å². The number of hydrogen-bond acceptors (Lipinski definition) is 1. The second-order valence-electron chi connectivity index (χ2n) is 7.30. The van der Waals surface area contributed by atoms with Crippen LogP contribution in [-0.4, -0.2) is 10.2 Å². The van der Waals surface area contributed by atoms with Crippen LogP contribution in [0, 0.1) is 36.5 Å². The molecule has 0 heterocycles. The first-order valence-electron chi connectivity index (χ1n) is 8.35. The van der Waals surface area contributed by atoms with Gasteiger partial charge in [0.2, 0.25) is 5.91 Å². The van der Waals surface area contributed by atoms with Gasteiger partial charge in [-0.25, -0.2) is 0 Å². The molecule has 0 aliphatic heterocycles. The fourth-order valence-electron chi connectivity index (χ4n) is 4.57. The van der Waals surface area contributed by atoms with E-state index in [2.05, 4.69) is 5.32 Å². The number of carbonyl (C=O) groups excluding carboxylic acids is 1. The zero-order valence-electron chi connectivity index (χ0n) is 13.0. The molecule has 124 valence electrons. The molecule has 2 nitrogen and oxygen atoms in total. The second-order valence-corrected chi connectivity index (χ2v) is 9.15. The van der Waals surface area contributed by atoms with Gasteiger partial charge in [0.15, 0.2) is 0 Å². The van der Waals surface area contributed by atoms with Gasteiger partial charge in [-0.1, -0.05) is 17.7 Å². The van der Waals surface area contributed by atoms with Crippen molar-refractivity contribution in [3.8, 4) is 0 Å². The van der Waals surface area contributed by atoms with Crippen LogP contribution in [0.3, 0.4) is 0 Å². The van der Waals surface area contributed by atoms with Crippen molar-refractivity contribution >= 4 is 46.4 Å². The van der Waals surface area contributed by atoms with Gasteiger partial charge >= 0.3 is 0 Å². The van der Waals surface area contributed by atoms with E-state index in [1.165, 1.54) is 0 Å². The summed E-state index contributed by atoms with van der Waals surface area (Å²) in [5, 5.41) is 3.76. The summed E-state index contributed by atoms with van der Waals surface area (Å²) in [5.41, 5.74) is 1.75. The predicted molar refractivity (Wildman–Crippen MR) is 95.2 cm³/mol. The van der Waals surface area contributed by atoms with Crippen LogP contribution in [0.25, 0.3) is 0 Å². The molecule has 4 unspecified atom stereocenters. The van der Waals surface area contributed by atoms with Crippen LogP contribution in [0.2, 0.25) is 5.02 Å². The first-order valence-corrected chi connectivity index (χ1v) is 9.48. The highest BCUT2D eigenvalue weighted by Gasteiger charge is 2.65. The minimum absolute atomic E-state index is 0.143. The van der Waals surface area contributed by atoms with E-state index in [1.54, 1.807) is 0 Å². The van der Waals surface area contributed by atoms with E-state index >= 15 is 0 Å². The summed E-state index contributed by atoms with van der Waals surface area (Å²) < 4.78 is -0.494. The molecule has 4 rings (SSSR count). The molecule has 1 N–H and O–H groups in total. The topological polar surface area (TPSA) is 29.1 Å². The van der Waals surface area contributed by atoms with Crippen molar-refractivity contribution in [2.45, 2.75) is 36.9 Å². The van der Waals surface area contributed by atoms with E-state index in [0.717, 1.165) is 36.9 Å². The van der Waals surface area contributed by atoms with Crippen molar-refractivity contribution in [2.24, 2.45) is 29.6 Å². The number of nitrogens with one attached hydrogen (secondary N) is 1. The van der Waals surface area contributed by atoms with Gasteiger partial charge in [0, 0.05) is 16.6 Å². The third kappa shape index (κ3) is 2.67. The normalized spacial score (nSPS) is 37.0. The Hall–Kier alpha value is -0.440. The molecule has 0 radical (unpaired) electrons. The van der Waals surface area contributed by atoms with Crippen LogP contribution < -0.4 is 5.32 Å². The molecule has 0 spiro atoms. The number of carbonyl (C=O) groups is 1. The molecule has 0 aromatic heterocycles. The predicted octanol–water partition coefficient (Wildman–Crippen LogP) is 5.44. The average Bonchev–Trinajstić information content (AvgIpc) is 3.28. The van der Waals surface area contributed by atoms with Gasteiger partial charge < -0.3 is 5.32 Å². The molecule has 1 amide bonds. The van der Waals surface area contributed by atoms with Gasteiger partial charge in [0.1, 0.15) is 4.33 Å². The van der Waals surface area contributed by atoms with Gasteiger partial charge in [-0.2, -0.15) is 0 Å². The molecular formula is C18H20Cl3NO. The molecule has 1 aromatic rings. The summed E-state index contributed by atoms with van der Waals surface area (Å²) in [6.07, 6.45) is 4.25. The first-order chi connectivity index (χ1) is 10.9. The van der Waals surface area contributed by atoms with Crippen LogP contribution in [0.4, 0.5) is 5.69 Å². The van der Waals surface area contributed by atoms with E-state index < -0.39 is 4.33 Å². The zero-order valence-corrected chi connectivity index (χ0v) is 15.3. The van der Waals surface area contributed by atoms with Crippen LogP contribution in [0.5, 0.6) is 0 Å². The number of alkyl halides is 2. The Balaban J connectivity index is 1.41. The molecule has 3 fully saturated rings. The second kappa shape index (κ2) is 5.54. The van der Waals surface area contributed by atoms with Crippen molar-refractivity contribution in [1.29, 1.82) is 0 Å². The van der Waals surface area contributed by atoms with E-state index in [4.69, 9.17) is 34.8 Å². The van der Waals surface area contributed by atoms with Gasteiger partial charge in [-0.05, 0) is 74.0 Å². The lowest BCUT2D eigenvalue weighted by molar-refractivity contribution is -0.117. The van der Waals surface area contributed by atoms with Crippen LogP contribution in [0.15, 0.2) is 18.2 Å². The molecule has 4 atom stereocenters. The molecule has 5 heteroatoms. The Morgan fingerprint density at radius 1 is 1.13 bits per heavy atom. The molecule has 0 saturated heterocycles. The molecule has 3 aliphatic carbocycles. The third-order valence-corrected chi connectivity index (χ3v) is 7.68. The van der Waals surface area contributed by atoms with Crippen molar-refractivity contribution in [3.63, 3.8) is 0 Å². The maximum atomic E-state index is 12.6. The van der Waals surface area contributed by atoms with Gasteiger partial charge in [-0.15, -0.1) is 23.2 Å². The standard InChI is InChI=1S/C18H20Cl3NO/c1-9-14(19)3-2-4-15(9)22-17(23)16-10-5-7-12-13(18(12,20)21)8-6-11(10)16/h2-4,10-13,16H,5-8H2,1H3,(H,22,23). The number of anilines is 1. The highest BCUT2D eigenvalue weighted by atomic mass is 35.5. The summed E-state index contributed by atoms with van der Waals surface area (Å²) in [6.45, 7) is 1.93. The van der Waals surface area contributed by atoms with Crippen molar-refractivity contribution in [2.75, 3.05) is 5.32 Å². The van der Waals surface area contributed by atoms with Crippen molar-refractivity contribution in [3.05, 3.63) is 28.8 Å². The largest absolute Gasteiger partial charge is 0.326 e. The molecule has 1 aromatic carbocycles. The number of benzene rings is 1. The Morgan fingerprint density at radius 2 is 1.74 bits per heavy atom. The van der Waals surface area contributed by atoms with Crippen LogP contribution in [-0.2, 0) is 4.79 Å². The molecular weight excluding hydrogens is 353 g/mol. The number of rotatable bonds is 2. The molecule has 23 heavy (non-hydrogen) atoms. The van der Waals surface area contributed by atoms with Crippen molar-refractivity contribution in [1.82, 2.24) is 0 Å². The third-order valence-electron chi connectivity index (χ3n) is 6.15. The highest BCUT2D eigenvalue weighted by molar-refractivity contribution is 6.51. The number of amides is 1. The van der Waals surface area contributed by atoms with Gasteiger partial charge in [0.25, 0.3) is 0 Å². The Morgan fingerprint density at radius 3 is 2.35 bits per heavy atom. The number of hydrogen-bond donors (Lipinski definition) is 1. The minimum atomic E-state index is -0.494. The number of fused-ring (bicyclic) bond motifs is 2. The van der Waals surface area contributed by atoms with E-state index in [-0.39, 0.29) is 11.8 Å². The number of halogens is 3. The summed E-state index contributed by atoms with van der Waals surface area (Å²) in [5.74, 6) is 2.16. The fraction of sp³-hybridized carbons (Fsp3) is 0.611. The van der Waals surface area contributed by atoms with Crippen molar-refractivity contribution < 1.29 is 4.79 Å². The molecule has 3 saturated carbocycles. The highest BCUT2D eigenvalue weighted by Crippen LogP contribution is 2.67. The monoisotopic (exact) mass is 371 g/mol. The quantitative estimate of drug-likeness (QED) is 0.688. The molecule has 3 aliphatic rings. The molecule has 0 bridgehead atoms.